The van der Waals surface area contributed by atoms with E-state index in [1.165, 1.54) is 20.3 Å². The Labute approximate surface area is 155 Å². The fourth-order valence-corrected chi connectivity index (χ4v) is 3.35. The van der Waals surface area contributed by atoms with Gasteiger partial charge in [0.05, 0.1) is 6.61 Å². The second-order valence-electron chi connectivity index (χ2n) is 6.83. The Bertz CT molecular complexity index is 580. The molecule has 0 unspecified atom stereocenters. The number of nitrogens with zero attached hydrogens (tertiary/aromatic N) is 1. The number of carbonyl (C=O) groups is 2. The third-order valence-corrected chi connectivity index (χ3v) is 4.56. The molecule has 1 fully saturated rings. The van der Waals surface area contributed by atoms with Crippen LogP contribution in [-0.4, -0.2) is 47.7 Å². The number of piperidine rings is 1. The standard InChI is InChI=1S/C20H29NO5/c1-15(23)25-19(13-21-10-4-3-5-11-21)12-20(26-16(2)24)18-8-6-17(14-22)7-9-18/h6-9,19-20,22H,3-5,10-14H2,1-2H3/t19-,20+/m1/s1. The van der Waals surface area contributed by atoms with Crippen LogP contribution < -0.4 is 0 Å². The lowest BCUT2D eigenvalue weighted by atomic mass is 10.0. The highest BCUT2D eigenvalue weighted by Crippen LogP contribution is 2.26. The van der Waals surface area contributed by atoms with Crippen LogP contribution in [0.1, 0.15) is 56.8 Å². The van der Waals surface area contributed by atoms with E-state index < -0.39 is 6.10 Å². The number of esters is 2. The first-order valence-corrected chi connectivity index (χ1v) is 9.24. The van der Waals surface area contributed by atoms with Crippen molar-refractivity contribution in [2.75, 3.05) is 19.6 Å². The van der Waals surface area contributed by atoms with Gasteiger partial charge in [0.15, 0.2) is 0 Å². The molecule has 0 spiro atoms. The molecule has 0 aliphatic carbocycles. The van der Waals surface area contributed by atoms with Gasteiger partial charge in [-0.25, -0.2) is 0 Å². The van der Waals surface area contributed by atoms with Crippen molar-refractivity contribution >= 4 is 11.9 Å². The van der Waals surface area contributed by atoms with Gasteiger partial charge in [0.25, 0.3) is 0 Å². The first-order chi connectivity index (χ1) is 12.5. The topological polar surface area (TPSA) is 76.1 Å². The summed E-state index contributed by atoms with van der Waals surface area (Å²) in [7, 11) is 0. The molecular formula is C20H29NO5. The number of aliphatic hydroxyl groups is 1. The highest BCUT2D eigenvalue weighted by Gasteiger charge is 2.25. The highest BCUT2D eigenvalue weighted by atomic mass is 16.6. The van der Waals surface area contributed by atoms with Gasteiger partial charge >= 0.3 is 11.9 Å². The summed E-state index contributed by atoms with van der Waals surface area (Å²) in [6.45, 7) is 5.39. The fourth-order valence-electron chi connectivity index (χ4n) is 3.35. The molecule has 0 radical (unpaired) electrons. The predicted molar refractivity (Wildman–Crippen MR) is 97.3 cm³/mol. The number of benzene rings is 1. The maximum atomic E-state index is 11.6. The van der Waals surface area contributed by atoms with Crippen molar-refractivity contribution in [3.8, 4) is 0 Å². The van der Waals surface area contributed by atoms with E-state index >= 15 is 0 Å². The summed E-state index contributed by atoms with van der Waals surface area (Å²) in [5.41, 5.74) is 1.62. The summed E-state index contributed by atoms with van der Waals surface area (Å²) in [6.07, 6.45) is 3.13. The van der Waals surface area contributed by atoms with Crippen molar-refractivity contribution in [2.24, 2.45) is 0 Å². The van der Waals surface area contributed by atoms with Crippen molar-refractivity contribution in [1.29, 1.82) is 0 Å². The SMILES string of the molecule is CC(=O)O[C@H](C[C@H](OC(C)=O)c1ccc(CO)cc1)CN1CCCCC1. The first kappa shape index (κ1) is 20.4. The van der Waals surface area contributed by atoms with Gasteiger partial charge in [0.1, 0.15) is 12.2 Å². The molecule has 0 bridgehead atoms. The third kappa shape index (κ3) is 6.77. The zero-order valence-electron chi connectivity index (χ0n) is 15.6. The second-order valence-corrected chi connectivity index (χ2v) is 6.83. The fraction of sp³-hybridized carbons (Fsp3) is 0.600. The number of hydrogen-bond donors (Lipinski definition) is 1. The second kappa shape index (κ2) is 10.3. The lowest BCUT2D eigenvalue weighted by Crippen LogP contribution is -2.39. The summed E-state index contributed by atoms with van der Waals surface area (Å²) in [5, 5.41) is 9.19. The zero-order valence-corrected chi connectivity index (χ0v) is 15.6. The molecule has 6 nitrogen and oxygen atoms in total. The van der Waals surface area contributed by atoms with E-state index in [0.717, 1.165) is 37.1 Å². The Kier molecular flexibility index (Phi) is 8.06. The van der Waals surface area contributed by atoms with E-state index in [0.29, 0.717) is 13.0 Å². The van der Waals surface area contributed by atoms with Crippen LogP contribution in [0.5, 0.6) is 0 Å². The quantitative estimate of drug-likeness (QED) is 0.716. The average molecular weight is 363 g/mol. The van der Waals surface area contributed by atoms with Gasteiger partial charge in [0.2, 0.25) is 0 Å². The molecule has 6 heteroatoms. The monoisotopic (exact) mass is 363 g/mol. The summed E-state index contributed by atoms with van der Waals surface area (Å²) in [4.78, 5) is 25.4. The summed E-state index contributed by atoms with van der Waals surface area (Å²) in [5.74, 6) is -0.704. The molecule has 1 aromatic rings. The highest BCUT2D eigenvalue weighted by molar-refractivity contribution is 5.67. The Hall–Kier alpha value is -1.92. The maximum absolute atomic E-state index is 11.6. The summed E-state index contributed by atoms with van der Waals surface area (Å²) in [6, 6.07) is 7.28. The molecule has 144 valence electrons. The molecule has 2 rings (SSSR count). The predicted octanol–water partition coefficient (Wildman–Crippen LogP) is 2.59. The number of carbonyl (C=O) groups excluding carboxylic acids is 2. The minimum absolute atomic E-state index is 0.0382. The summed E-state index contributed by atoms with van der Waals surface area (Å²) >= 11 is 0. The van der Waals surface area contributed by atoms with Crippen LogP contribution in [0, 0.1) is 0 Å². The van der Waals surface area contributed by atoms with Crippen molar-refractivity contribution < 1.29 is 24.2 Å². The number of likely N-dealkylation sites (tertiary alicyclic amines) is 1. The van der Waals surface area contributed by atoms with Gasteiger partial charge in [-0.05, 0) is 37.1 Å². The smallest absolute Gasteiger partial charge is 0.303 e. The first-order valence-electron chi connectivity index (χ1n) is 9.24. The number of ether oxygens (including phenoxy) is 2. The van der Waals surface area contributed by atoms with Crippen molar-refractivity contribution in [3.63, 3.8) is 0 Å². The molecular weight excluding hydrogens is 334 g/mol. The Morgan fingerprint density at radius 2 is 1.65 bits per heavy atom. The van der Waals surface area contributed by atoms with Crippen LogP contribution in [0.4, 0.5) is 0 Å². The number of rotatable bonds is 8. The van der Waals surface area contributed by atoms with E-state index in [1.807, 2.05) is 12.1 Å². The minimum Gasteiger partial charge on any atom is -0.461 e. The Morgan fingerprint density at radius 1 is 1.04 bits per heavy atom. The van der Waals surface area contributed by atoms with Crippen molar-refractivity contribution in [2.45, 2.75) is 58.3 Å². The van der Waals surface area contributed by atoms with Crippen molar-refractivity contribution in [3.05, 3.63) is 35.4 Å². The van der Waals surface area contributed by atoms with Crippen LogP contribution in [-0.2, 0) is 25.7 Å². The minimum atomic E-state index is -0.491. The molecule has 2 atom stereocenters. The molecule has 26 heavy (non-hydrogen) atoms. The molecule has 1 N–H and O–H groups in total. The largest absolute Gasteiger partial charge is 0.461 e. The molecule has 0 aromatic heterocycles. The van der Waals surface area contributed by atoms with Gasteiger partial charge in [-0.15, -0.1) is 0 Å². The van der Waals surface area contributed by atoms with E-state index in [1.54, 1.807) is 12.1 Å². The normalized spacial score (nSPS) is 17.3. The molecule has 0 amide bonds. The van der Waals surface area contributed by atoms with Crippen LogP contribution in [0.25, 0.3) is 0 Å². The van der Waals surface area contributed by atoms with Gasteiger partial charge in [-0.1, -0.05) is 30.7 Å². The third-order valence-electron chi connectivity index (χ3n) is 4.56. The molecule has 1 saturated heterocycles. The molecule has 1 aliphatic rings. The van der Waals surface area contributed by atoms with Gasteiger partial charge in [-0.2, -0.15) is 0 Å². The van der Waals surface area contributed by atoms with Gasteiger partial charge in [0, 0.05) is 26.8 Å². The van der Waals surface area contributed by atoms with Crippen molar-refractivity contribution in [1.82, 2.24) is 4.90 Å². The molecule has 1 heterocycles. The maximum Gasteiger partial charge on any atom is 0.303 e. The van der Waals surface area contributed by atoms with Crippen LogP contribution in [0.2, 0.25) is 0 Å². The lowest BCUT2D eigenvalue weighted by Gasteiger charge is -2.31. The zero-order chi connectivity index (χ0) is 18.9. The summed E-state index contributed by atoms with van der Waals surface area (Å²) < 4.78 is 11.0. The Morgan fingerprint density at radius 3 is 2.19 bits per heavy atom. The lowest BCUT2D eigenvalue weighted by molar-refractivity contribution is -0.154. The number of aliphatic hydroxyl groups excluding tert-OH is 1. The molecule has 0 saturated carbocycles. The van der Waals surface area contributed by atoms with Crippen LogP contribution >= 0.6 is 0 Å². The average Bonchev–Trinajstić information content (AvgIpc) is 2.61. The Balaban J connectivity index is 2.11. The van der Waals surface area contributed by atoms with E-state index in [9.17, 15) is 14.7 Å². The van der Waals surface area contributed by atoms with E-state index in [2.05, 4.69) is 4.90 Å². The van der Waals surface area contributed by atoms with Gasteiger partial charge in [-0.3, -0.25) is 14.5 Å². The molecule has 1 aromatic carbocycles. The van der Waals surface area contributed by atoms with Crippen LogP contribution in [0.3, 0.4) is 0 Å². The van der Waals surface area contributed by atoms with E-state index in [-0.39, 0.29) is 24.6 Å². The number of hydrogen-bond acceptors (Lipinski definition) is 6. The van der Waals surface area contributed by atoms with E-state index in [4.69, 9.17) is 9.47 Å². The van der Waals surface area contributed by atoms with Crippen LogP contribution in [0.15, 0.2) is 24.3 Å². The van der Waals surface area contributed by atoms with Gasteiger partial charge < -0.3 is 14.6 Å². The molecule has 1 aliphatic heterocycles.